The number of hydrogen-bond acceptors (Lipinski definition) is 6. The molecular formula is C27H28N6O3S. The summed E-state index contributed by atoms with van der Waals surface area (Å²) < 4.78 is 1.65. The third-order valence-electron chi connectivity index (χ3n) is 6.15. The molecule has 0 bridgehead atoms. The van der Waals surface area contributed by atoms with Crippen molar-refractivity contribution in [2.75, 3.05) is 6.61 Å². The lowest BCUT2D eigenvalue weighted by Crippen LogP contribution is -2.39. The summed E-state index contributed by atoms with van der Waals surface area (Å²) in [5, 5.41) is 19.6. The van der Waals surface area contributed by atoms with Crippen molar-refractivity contribution in [2.24, 2.45) is 5.92 Å². The van der Waals surface area contributed by atoms with Crippen LogP contribution in [-0.4, -0.2) is 48.9 Å². The summed E-state index contributed by atoms with van der Waals surface area (Å²) in [7, 11) is 0. The number of amides is 2. The Morgan fingerprint density at radius 1 is 1.19 bits per heavy atom. The number of nitrogens with zero attached hydrogens (tertiary/aromatic N) is 3. The normalized spacial score (nSPS) is 12.3. The van der Waals surface area contributed by atoms with Gasteiger partial charge in [-0.15, -0.1) is 0 Å². The number of aromatic nitrogens is 4. The van der Waals surface area contributed by atoms with Crippen LogP contribution in [-0.2, 0) is 6.54 Å². The average molecular weight is 517 g/mol. The maximum Gasteiger partial charge on any atom is 0.270 e. The quantitative estimate of drug-likeness (QED) is 0.236. The second-order valence-corrected chi connectivity index (χ2v) is 10.1. The highest BCUT2D eigenvalue weighted by Crippen LogP contribution is 2.28. The molecule has 5 rings (SSSR count). The highest BCUT2D eigenvalue weighted by atomic mass is 32.1. The first-order valence-corrected chi connectivity index (χ1v) is 13.0. The molecule has 37 heavy (non-hydrogen) atoms. The molecule has 4 aromatic heterocycles. The van der Waals surface area contributed by atoms with Crippen LogP contribution < -0.4 is 10.6 Å². The number of rotatable bonds is 9. The van der Waals surface area contributed by atoms with E-state index in [9.17, 15) is 14.7 Å². The van der Waals surface area contributed by atoms with Gasteiger partial charge in [0.25, 0.3) is 11.8 Å². The summed E-state index contributed by atoms with van der Waals surface area (Å²) in [6, 6.07) is 10.7. The Balaban J connectivity index is 1.47. The second kappa shape index (κ2) is 10.5. The number of pyridine rings is 1. The van der Waals surface area contributed by atoms with Crippen LogP contribution in [0.3, 0.4) is 0 Å². The fraction of sp³-hybridized carbons (Fsp3) is 0.259. The SMILES string of the molecule is CC(C)C[C@@H](CO)NC(=O)c1c(-c2ccsc2)nc2c(C(=O)NCc3ccc4nc[nH]c4c3)cccn12. The molecule has 0 aliphatic carbocycles. The topological polar surface area (TPSA) is 124 Å². The Kier molecular flexibility index (Phi) is 7.02. The molecule has 5 aromatic rings. The molecule has 1 aromatic carbocycles. The summed E-state index contributed by atoms with van der Waals surface area (Å²) in [6.45, 7) is 4.25. The summed E-state index contributed by atoms with van der Waals surface area (Å²) >= 11 is 1.50. The second-order valence-electron chi connectivity index (χ2n) is 9.36. The highest BCUT2D eigenvalue weighted by Gasteiger charge is 2.25. The summed E-state index contributed by atoms with van der Waals surface area (Å²) in [5.74, 6) is -0.337. The van der Waals surface area contributed by atoms with Crippen molar-refractivity contribution in [1.82, 2.24) is 30.0 Å². The molecule has 0 aliphatic heterocycles. The van der Waals surface area contributed by atoms with E-state index in [0.717, 1.165) is 22.2 Å². The number of aromatic amines is 1. The van der Waals surface area contributed by atoms with E-state index in [1.807, 2.05) is 48.9 Å². The fourth-order valence-corrected chi connectivity index (χ4v) is 5.08. The minimum Gasteiger partial charge on any atom is -0.394 e. The number of aliphatic hydroxyl groups is 1. The van der Waals surface area contributed by atoms with Crippen molar-refractivity contribution in [3.05, 3.63) is 76.5 Å². The van der Waals surface area contributed by atoms with Gasteiger partial charge in [0, 0.05) is 23.7 Å². The molecule has 1 atom stereocenters. The molecule has 2 amide bonds. The largest absolute Gasteiger partial charge is 0.394 e. The zero-order chi connectivity index (χ0) is 25.9. The number of carbonyl (C=O) groups is 2. The number of hydrogen-bond donors (Lipinski definition) is 4. The van der Waals surface area contributed by atoms with Crippen molar-refractivity contribution >= 4 is 39.8 Å². The molecule has 0 saturated carbocycles. The van der Waals surface area contributed by atoms with Crippen LogP contribution in [0.25, 0.3) is 27.9 Å². The maximum atomic E-state index is 13.5. The van der Waals surface area contributed by atoms with Crippen LogP contribution in [0.5, 0.6) is 0 Å². The van der Waals surface area contributed by atoms with Crippen LogP contribution in [0.4, 0.5) is 0 Å². The van der Waals surface area contributed by atoms with Gasteiger partial charge in [-0.05, 0) is 53.6 Å². The Bertz CT molecular complexity index is 1550. The van der Waals surface area contributed by atoms with E-state index in [0.29, 0.717) is 41.5 Å². The Labute approximate surface area is 217 Å². The van der Waals surface area contributed by atoms with E-state index in [2.05, 4.69) is 20.6 Å². The standard InChI is InChI=1S/C27H28N6O3S/c1-16(2)10-19(13-34)31-27(36)24-23(18-7-9-37-14-18)32-25-20(4-3-8-33(24)25)26(35)28-12-17-5-6-21-22(11-17)30-15-29-21/h3-9,11,14-16,19,34H,10,12-13H2,1-2H3,(H,28,35)(H,29,30)(H,31,36)/t19-/m0/s1. The number of thiophene rings is 1. The number of H-pyrrole nitrogens is 1. The van der Waals surface area contributed by atoms with E-state index >= 15 is 0 Å². The van der Waals surface area contributed by atoms with Gasteiger partial charge in [-0.25, -0.2) is 9.97 Å². The van der Waals surface area contributed by atoms with Gasteiger partial charge >= 0.3 is 0 Å². The Morgan fingerprint density at radius 2 is 2.05 bits per heavy atom. The van der Waals surface area contributed by atoms with E-state index < -0.39 is 0 Å². The van der Waals surface area contributed by atoms with E-state index in [1.54, 1.807) is 29.1 Å². The third-order valence-corrected chi connectivity index (χ3v) is 6.84. The van der Waals surface area contributed by atoms with Gasteiger partial charge in [0.1, 0.15) is 11.4 Å². The molecule has 0 fully saturated rings. The monoisotopic (exact) mass is 516 g/mol. The average Bonchev–Trinajstić information content (AvgIpc) is 3.65. The molecule has 0 saturated heterocycles. The molecule has 0 radical (unpaired) electrons. The predicted octanol–water partition coefficient (Wildman–Crippen LogP) is 4.01. The number of nitrogens with one attached hydrogen (secondary N) is 3. The van der Waals surface area contributed by atoms with Crippen LogP contribution in [0.15, 0.2) is 59.7 Å². The Morgan fingerprint density at radius 3 is 2.81 bits per heavy atom. The van der Waals surface area contributed by atoms with E-state index in [-0.39, 0.29) is 24.5 Å². The number of fused-ring (bicyclic) bond motifs is 2. The van der Waals surface area contributed by atoms with Crippen molar-refractivity contribution in [3.63, 3.8) is 0 Å². The Hall–Kier alpha value is -4.02. The molecule has 9 nitrogen and oxygen atoms in total. The lowest BCUT2D eigenvalue weighted by atomic mass is 10.0. The number of imidazole rings is 2. The number of aliphatic hydroxyl groups excluding tert-OH is 1. The van der Waals surface area contributed by atoms with Crippen molar-refractivity contribution in [2.45, 2.75) is 32.9 Å². The minimum atomic E-state index is -0.382. The van der Waals surface area contributed by atoms with Gasteiger partial charge in [-0.1, -0.05) is 19.9 Å². The van der Waals surface area contributed by atoms with Crippen LogP contribution in [0.1, 0.15) is 46.7 Å². The molecule has 0 spiro atoms. The smallest absolute Gasteiger partial charge is 0.270 e. The lowest BCUT2D eigenvalue weighted by molar-refractivity contribution is 0.0901. The molecule has 0 unspecified atom stereocenters. The van der Waals surface area contributed by atoms with Gasteiger partial charge in [0.05, 0.1) is 35.6 Å². The van der Waals surface area contributed by atoms with Crippen molar-refractivity contribution in [3.8, 4) is 11.3 Å². The maximum absolute atomic E-state index is 13.5. The van der Waals surface area contributed by atoms with Crippen LogP contribution >= 0.6 is 11.3 Å². The molecule has 0 aliphatic rings. The first kappa shape index (κ1) is 24.7. The molecule has 190 valence electrons. The highest BCUT2D eigenvalue weighted by molar-refractivity contribution is 7.08. The van der Waals surface area contributed by atoms with Gasteiger partial charge in [0.2, 0.25) is 0 Å². The predicted molar refractivity (Wildman–Crippen MR) is 144 cm³/mol. The zero-order valence-corrected chi connectivity index (χ0v) is 21.4. The van der Waals surface area contributed by atoms with Crippen molar-refractivity contribution in [1.29, 1.82) is 0 Å². The van der Waals surface area contributed by atoms with Gasteiger partial charge < -0.3 is 20.7 Å². The van der Waals surface area contributed by atoms with Crippen molar-refractivity contribution < 1.29 is 14.7 Å². The first-order valence-electron chi connectivity index (χ1n) is 12.1. The van der Waals surface area contributed by atoms with Crippen LogP contribution in [0.2, 0.25) is 0 Å². The van der Waals surface area contributed by atoms with E-state index in [1.165, 1.54) is 11.3 Å². The van der Waals surface area contributed by atoms with Gasteiger partial charge in [-0.3, -0.25) is 14.0 Å². The number of benzene rings is 1. The molecule has 4 N–H and O–H groups in total. The zero-order valence-electron chi connectivity index (χ0n) is 20.6. The summed E-state index contributed by atoms with van der Waals surface area (Å²) in [6.07, 6.45) is 4.01. The number of carbonyl (C=O) groups excluding carboxylic acids is 2. The first-order chi connectivity index (χ1) is 17.9. The lowest BCUT2D eigenvalue weighted by Gasteiger charge is -2.18. The van der Waals surface area contributed by atoms with Gasteiger partial charge in [-0.2, -0.15) is 11.3 Å². The fourth-order valence-electron chi connectivity index (χ4n) is 4.43. The van der Waals surface area contributed by atoms with E-state index in [4.69, 9.17) is 4.98 Å². The molecular weight excluding hydrogens is 488 g/mol. The molecule has 10 heteroatoms. The van der Waals surface area contributed by atoms with Crippen LogP contribution in [0, 0.1) is 5.92 Å². The third kappa shape index (κ3) is 5.11. The minimum absolute atomic E-state index is 0.160. The molecule has 4 heterocycles. The summed E-state index contributed by atoms with van der Waals surface area (Å²) in [5.41, 5.74) is 5.06. The van der Waals surface area contributed by atoms with Gasteiger partial charge in [0.15, 0.2) is 5.65 Å². The summed E-state index contributed by atoms with van der Waals surface area (Å²) in [4.78, 5) is 38.8.